The van der Waals surface area contributed by atoms with E-state index in [0.717, 1.165) is 26.0 Å². The Balaban J connectivity index is 1.97. The van der Waals surface area contributed by atoms with E-state index in [2.05, 4.69) is 29.1 Å². The van der Waals surface area contributed by atoms with Crippen LogP contribution in [0.3, 0.4) is 0 Å². The van der Waals surface area contributed by atoms with E-state index in [1.54, 1.807) is 12.2 Å². The smallest absolute Gasteiger partial charge is 0.306 e. The van der Waals surface area contributed by atoms with Crippen LogP contribution >= 0.6 is 15.9 Å². The average molecular weight is 658 g/mol. The minimum absolute atomic E-state index is 0.0918. The predicted molar refractivity (Wildman–Crippen MR) is 172 cm³/mol. The molecule has 0 aliphatic heterocycles. The molecule has 3 aromatic carbocycles. The van der Waals surface area contributed by atoms with Crippen LogP contribution in [0, 0.1) is 0 Å². The standard InChI is InChI=1S/C34H41BrO8/c1-5-11-31(36)42-25(20-38-17-7-3)22-40-33-27-13-9-10-14-28(27)34(30-19-24(35)15-16-29(30)33)41-23-26(21-39-18-8-4)43-32(37)12-6-2/h7-10,13-16,19,25-26H,3-6,11-12,17-18,20-23H2,1-2H3. The van der Waals surface area contributed by atoms with Crippen LogP contribution < -0.4 is 9.47 Å². The number of esters is 2. The van der Waals surface area contributed by atoms with Crippen LogP contribution in [0.2, 0.25) is 0 Å². The maximum absolute atomic E-state index is 12.3. The molecular formula is C34H41BrO8. The minimum Gasteiger partial charge on any atom is -0.488 e. The maximum Gasteiger partial charge on any atom is 0.306 e. The quantitative estimate of drug-likeness (QED) is 0.0540. The van der Waals surface area contributed by atoms with Gasteiger partial charge in [-0.1, -0.05) is 66.2 Å². The number of rotatable bonds is 20. The SMILES string of the molecule is C=CCOCC(COc1c2ccccc2c(OCC(COCC=C)OC(=O)CCC)c2cc(Br)ccc12)OC(=O)CCC. The lowest BCUT2D eigenvalue weighted by Gasteiger charge is -2.23. The lowest BCUT2D eigenvalue weighted by Crippen LogP contribution is -2.30. The van der Waals surface area contributed by atoms with Gasteiger partial charge in [0, 0.05) is 38.9 Å². The molecule has 0 amide bonds. The van der Waals surface area contributed by atoms with E-state index in [1.807, 2.05) is 56.3 Å². The molecule has 3 aromatic rings. The van der Waals surface area contributed by atoms with Gasteiger partial charge in [0.1, 0.15) is 24.7 Å². The monoisotopic (exact) mass is 656 g/mol. The zero-order valence-electron chi connectivity index (χ0n) is 25.0. The van der Waals surface area contributed by atoms with Gasteiger partial charge >= 0.3 is 11.9 Å². The van der Waals surface area contributed by atoms with Gasteiger partial charge in [-0.25, -0.2) is 0 Å². The summed E-state index contributed by atoms with van der Waals surface area (Å²) in [5.74, 6) is 0.656. The van der Waals surface area contributed by atoms with Crippen molar-refractivity contribution in [2.24, 2.45) is 0 Å². The third-order valence-corrected chi connectivity index (χ3v) is 6.79. The number of hydrogen-bond donors (Lipinski definition) is 0. The molecule has 0 N–H and O–H groups in total. The number of carbonyl (C=O) groups is 2. The van der Waals surface area contributed by atoms with Crippen molar-refractivity contribution in [1.82, 2.24) is 0 Å². The van der Waals surface area contributed by atoms with Gasteiger partial charge in [0.2, 0.25) is 0 Å². The van der Waals surface area contributed by atoms with Crippen molar-refractivity contribution in [3.63, 3.8) is 0 Å². The molecule has 8 nitrogen and oxygen atoms in total. The van der Waals surface area contributed by atoms with E-state index in [9.17, 15) is 9.59 Å². The van der Waals surface area contributed by atoms with Crippen molar-refractivity contribution in [1.29, 1.82) is 0 Å². The third kappa shape index (κ3) is 10.4. The summed E-state index contributed by atoms with van der Waals surface area (Å²) in [7, 11) is 0. The van der Waals surface area contributed by atoms with Gasteiger partial charge in [-0.05, 0) is 31.0 Å². The molecule has 0 saturated heterocycles. The van der Waals surface area contributed by atoms with Crippen molar-refractivity contribution in [3.05, 3.63) is 72.2 Å². The van der Waals surface area contributed by atoms with Crippen molar-refractivity contribution >= 4 is 49.4 Å². The van der Waals surface area contributed by atoms with Crippen LogP contribution in [-0.2, 0) is 28.5 Å². The highest BCUT2D eigenvalue weighted by molar-refractivity contribution is 9.10. The molecule has 0 heterocycles. The molecule has 0 aliphatic rings. The molecule has 0 spiro atoms. The van der Waals surface area contributed by atoms with E-state index in [-0.39, 0.29) is 38.4 Å². The van der Waals surface area contributed by atoms with E-state index in [0.29, 0.717) is 50.4 Å². The van der Waals surface area contributed by atoms with Crippen molar-refractivity contribution in [3.8, 4) is 11.5 Å². The Labute approximate surface area is 262 Å². The molecule has 0 saturated carbocycles. The van der Waals surface area contributed by atoms with Crippen LogP contribution in [0.1, 0.15) is 39.5 Å². The topological polar surface area (TPSA) is 89.5 Å². The molecule has 3 rings (SSSR count). The molecule has 0 fully saturated rings. The highest BCUT2D eigenvalue weighted by Crippen LogP contribution is 2.43. The van der Waals surface area contributed by atoms with Gasteiger partial charge in [-0.2, -0.15) is 0 Å². The van der Waals surface area contributed by atoms with Crippen LogP contribution in [0.15, 0.2) is 72.2 Å². The molecule has 43 heavy (non-hydrogen) atoms. The first-order chi connectivity index (χ1) is 20.9. The Morgan fingerprint density at radius 1 is 0.721 bits per heavy atom. The molecule has 232 valence electrons. The zero-order valence-corrected chi connectivity index (χ0v) is 26.6. The second-order valence-electron chi connectivity index (χ2n) is 9.89. The van der Waals surface area contributed by atoms with E-state index >= 15 is 0 Å². The molecular weight excluding hydrogens is 616 g/mol. The Kier molecular flexibility index (Phi) is 14.5. The van der Waals surface area contributed by atoms with Crippen LogP contribution in [0.4, 0.5) is 0 Å². The summed E-state index contributed by atoms with van der Waals surface area (Å²) in [5.41, 5.74) is 0. The van der Waals surface area contributed by atoms with Gasteiger partial charge in [0.25, 0.3) is 0 Å². The Bertz CT molecular complexity index is 1370. The first-order valence-electron chi connectivity index (χ1n) is 14.6. The van der Waals surface area contributed by atoms with Gasteiger partial charge in [-0.3, -0.25) is 9.59 Å². The average Bonchev–Trinajstić information content (AvgIpc) is 2.98. The fourth-order valence-corrected chi connectivity index (χ4v) is 4.79. The number of fused-ring (bicyclic) bond motifs is 2. The zero-order chi connectivity index (χ0) is 31.0. The number of halogens is 1. The summed E-state index contributed by atoms with van der Waals surface area (Å²) in [6.07, 6.45) is 4.08. The molecule has 2 unspecified atom stereocenters. The highest BCUT2D eigenvalue weighted by atomic mass is 79.9. The molecule has 9 heteroatoms. The maximum atomic E-state index is 12.3. The van der Waals surface area contributed by atoms with Crippen LogP contribution in [0.5, 0.6) is 11.5 Å². The van der Waals surface area contributed by atoms with E-state index in [1.165, 1.54) is 0 Å². The Morgan fingerprint density at radius 2 is 1.19 bits per heavy atom. The lowest BCUT2D eigenvalue weighted by atomic mass is 10.0. The van der Waals surface area contributed by atoms with Gasteiger partial charge in [0.05, 0.1) is 26.4 Å². The summed E-state index contributed by atoms with van der Waals surface area (Å²) < 4.78 is 36.2. The fourth-order valence-electron chi connectivity index (χ4n) is 4.43. The van der Waals surface area contributed by atoms with E-state index < -0.39 is 12.2 Å². The number of carbonyl (C=O) groups excluding carboxylic acids is 2. The van der Waals surface area contributed by atoms with E-state index in [4.69, 9.17) is 28.4 Å². The van der Waals surface area contributed by atoms with Gasteiger partial charge in [0.15, 0.2) is 12.2 Å². The molecule has 0 bridgehead atoms. The Hall–Kier alpha value is -3.40. The largest absolute Gasteiger partial charge is 0.488 e. The summed E-state index contributed by atoms with van der Waals surface area (Å²) in [5, 5.41) is 3.25. The lowest BCUT2D eigenvalue weighted by molar-refractivity contribution is -0.154. The second kappa shape index (κ2) is 18.3. The van der Waals surface area contributed by atoms with Gasteiger partial charge in [-0.15, -0.1) is 13.2 Å². The number of ether oxygens (including phenoxy) is 6. The van der Waals surface area contributed by atoms with Crippen molar-refractivity contribution in [2.75, 3.05) is 39.6 Å². The summed E-state index contributed by atoms with van der Waals surface area (Å²) in [6.45, 7) is 12.4. The fraction of sp³-hybridized carbons (Fsp3) is 0.412. The van der Waals surface area contributed by atoms with Crippen molar-refractivity contribution in [2.45, 2.75) is 51.7 Å². The summed E-state index contributed by atoms with van der Waals surface area (Å²) >= 11 is 3.59. The summed E-state index contributed by atoms with van der Waals surface area (Å²) in [6, 6.07) is 13.6. The first kappa shape index (κ1) is 34.1. The predicted octanol–water partition coefficient (Wildman–Crippen LogP) is 7.34. The molecule has 0 radical (unpaired) electrons. The molecule has 2 atom stereocenters. The molecule has 0 aliphatic carbocycles. The van der Waals surface area contributed by atoms with Crippen molar-refractivity contribution < 1.29 is 38.0 Å². The number of hydrogen-bond acceptors (Lipinski definition) is 8. The van der Waals surface area contributed by atoms with Crippen LogP contribution in [0.25, 0.3) is 21.5 Å². The second-order valence-corrected chi connectivity index (χ2v) is 10.8. The highest BCUT2D eigenvalue weighted by Gasteiger charge is 2.22. The first-order valence-corrected chi connectivity index (χ1v) is 15.4. The third-order valence-electron chi connectivity index (χ3n) is 6.30. The minimum atomic E-state index is -0.606. The van der Waals surface area contributed by atoms with Crippen LogP contribution in [-0.4, -0.2) is 63.8 Å². The normalized spacial score (nSPS) is 12.4. The number of benzene rings is 3. The molecule has 0 aromatic heterocycles. The Morgan fingerprint density at radius 3 is 1.65 bits per heavy atom. The summed E-state index contributed by atoms with van der Waals surface area (Å²) in [4.78, 5) is 24.6. The van der Waals surface area contributed by atoms with Gasteiger partial charge < -0.3 is 28.4 Å².